The number of hydrogen-bond acceptors (Lipinski definition) is 6. The Morgan fingerprint density at radius 2 is 1.35 bits per heavy atom. The van der Waals surface area contributed by atoms with Crippen LogP contribution >= 0.6 is 0 Å². The lowest BCUT2D eigenvalue weighted by atomic mass is 10.0. The van der Waals surface area contributed by atoms with Gasteiger partial charge in [-0.2, -0.15) is 0 Å². The Morgan fingerprint density at radius 3 is 1.93 bits per heavy atom. The fourth-order valence-corrected chi connectivity index (χ4v) is 5.74. The maximum atomic E-state index is 14.3. The molecule has 0 aliphatic carbocycles. The summed E-state index contributed by atoms with van der Waals surface area (Å²) in [4.78, 5) is 29.7. The van der Waals surface area contributed by atoms with E-state index in [1.807, 2.05) is 87.5 Å². The number of carbonyl (C=O) groups excluding carboxylic acids is 2. The number of para-hydroxylation sites is 1. The molecule has 4 rings (SSSR count). The molecule has 1 unspecified atom stereocenters. The smallest absolute Gasteiger partial charge is 0.244 e. The maximum Gasteiger partial charge on any atom is 0.244 e. The number of methoxy groups -OCH3 is 1. The molecule has 0 fully saturated rings. The molecule has 1 N–H and O–H groups in total. The molecular weight excluding hydrogens is 602 g/mol. The lowest BCUT2D eigenvalue weighted by molar-refractivity contribution is -0.140. The van der Waals surface area contributed by atoms with E-state index in [0.717, 1.165) is 21.7 Å². The monoisotopic (exact) mass is 643 g/mol. The van der Waals surface area contributed by atoms with Crippen LogP contribution in [0.4, 0.5) is 5.69 Å². The Balaban J connectivity index is 1.70. The van der Waals surface area contributed by atoms with Crippen molar-refractivity contribution in [1.82, 2.24) is 10.2 Å². The van der Waals surface area contributed by atoms with Gasteiger partial charge in [-0.15, -0.1) is 0 Å². The van der Waals surface area contributed by atoms with Crippen LogP contribution in [0.2, 0.25) is 0 Å². The third kappa shape index (κ3) is 9.84. The van der Waals surface area contributed by atoms with E-state index in [1.165, 1.54) is 4.90 Å². The van der Waals surface area contributed by atoms with E-state index in [4.69, 9.17) is 9.47 Å². The van der Waals surface area contributed by atoms with E-state index in [2.05, 4.69) is 5.32 Å². The first kappa shape index (κ1) is 34.1. The molecule has 0 saturated heterocycles. The molecule has 0 aliphatic heterocycles. The van der Waals surface area contributed by atoms with Gasteiger partial charge in [-0.05, 0) is 80.4 Å². The second-order valence-corrected chi connectivity index (χ2v) is 13.9. The van der Waals surface area contributed by atoms with E-state index >= 15 is 0 Å². The molecule has 242 valence electrons. The van der Waals surface area contributed by atoms with E-state index in [0.29, 0.717) is 17.2 Å². The van der Waals surface area contributed by atoms with Gasteiger partial charge in [-0.1, -0.05) is 60.7 Å². The molecule has 0 aliphatic rings. The number of rotatable bonds is 13. The highest BCUT2D eigenvalue weighted by Crippen LogP contribution is 2.26. The van der Waals surface area contributed by atoms with Crippen LogP contribution in [0.5, 0.6) is 17.2 Å². The Labute approximate surface area is 271 Å². The van der Waals surface area contributed by atoms with Crippen molar-refractivity contribution in [1.29, 1.82) is 0 Å². The van der Waals surface area contributed by atoms with Gasteiger partial charge in [0.25, 0.3) is 0 Å². The molecule has 0 heterocycles. The quantitative estimate of drug-likeness (QED) is 0.197. The van der Waals surface area contributed by atoms with Crippen LogP contribution in [0.1, 0.15) is 31.9 Å². The van der Waals surface area contributed by atoms with Gasteiger partial charge in [-0.25, -0.2) is 8.42 Å². The minimum Gasteiger partial charge on any atom is -0.497 e. The Kier molecular flexibility index (Phi) is 11.1. The predicted octanol–water partition coefficient (Wildman–Crippen LogP) is 5.81. The van der Waals surface area contributed by atoms with Crippen LogP contribution < -0.4 is 19.1 Å². The van der Waals surface area contributed by atoms with Gasteiger partial charge in [0.1, 0.15) is 29.8 Å². The summed E-state index contributed by atoms with van der Waals surface area (Å²) >= 11 is 0. The van der Waals surface area contributed by atoms with Crippen LogP contribution in [-0.4, -0.2) is 56.6 Å². The Hall–Kier alpha value is -4.83. The van der Waals surface area contributed by atoms with Crippen LogP contribution in [0.15, 0.2) is 109 Å². The number of nitrogens with zero attached hydrogens (tertiary/aromatic N) is 2. The number of hydrogen-bond donors (Lipinski definition) is 1. The average Bonchev–Trinajstić information content (AvgIpc) is 3.01. The summed E-state index contributed by atoms with van der Waals surface area (Å²) in [5, 5.41) is 3.02. The van der Waals surface area contributed by atoms with Crippen molar-refractivity contribution in [3.05, 3.63) is 120 Å². The zero-order valence-corrected chi connectivity index (χ0v) is 27.7. The van der Waals surface area contributed by atoms with Crippen molar-refractivity contribution in [3.63, 3.8) is 0 Å². The first-order chi connectivity index (χ1) is 21.8. The summed E-state index contributed by atoms with van der Waals surface area (Å²) in [7, 11) is -2.36. The fourth-order valence-electron chi connectivity index (χ4n) is 4.89. The highest BCUT2D eigenvalue weighted by atomic mass is 32.2. The predicted molar refractivity (Wildman–Crippen MR) is 181 cm³/mol. The summed E-state index contributed by atoms with van der Waals surface area (Å²) in [6, 6.07) is 31.4. The van der Waals surface area contributed by atoms with Crippen LogP contribution in [0.3, 0.4) is 0 Å². The first-order valence-corrected chi connectivity index (χ1v) is 16.8. The van der Waals surface area contributed by atoms with Gasteiger partial charge in [0.15, 0.2) is 0 Å². The molecule has 10 heteroatoms. The molecule has 9 nitrogen and oxygen atoms in total. The molecule has 0 saturated carbocycles. The zero-order valence-electron chi connectivity index (χ0n) is 26.8. The summed E-state index contributed by atoms with van der Waals surface area (Å²) in [5.41, 5.74) is 1.30. The number of benzene rings is 4. The number of ether oxygens (including phenoxy) is 2. The molecule has 46 heavy (non-hydrogen) atoms. The second-order valence-electron chi connectivity index (χ2n) is 12.0. The SMILES string of the molecule is COc1cccc(CN(C(=O)CN(c2ccc(Oc3ccccc3)cc2)S(C)(=O)=O)C(Cc2ccccc2)C(=O)NC(C)(C)C)c1. The molecule has 0 radical (unpaired) electrons. The van der Waals surface area contributed by atoms with Gasteiger partial charge in [0, 0.05) is 18.5 Å². The van der Waals surface area contributed by atoms with Gasteiger partial charge in [0.05, 0.1) is 19.1 Å². The van der Waals surface area contributed by atoms with E-state index in [-0.39, 0.29) is 24.6 Å². The molecule has 0 spiro atoms. The standard InChI is InChI=1S/C36H41N3O6S/c1-36(2,3)37-35(41)33(24-27-13-8-6-9-14-27)38(25-28-15-12-18-32(23-28)44-4)34(40)26-39(46(5,42)43)29-19-21-31(22-20-29)45-30-16-10-7-11-17-30/h6-23,33H,24-26H2,1-5H3,(H,37,41). The Morgan fingerprint density at radius 1 is 0.783 bits per heavy atom. The summed E-state index contributed by atoms with van der Waals surface area (Å²) in [6.45, 7) is 5.14. The summed E-state index contributed by atoms with van der Waals surface area (Å²) in [6.07, 6.45) is 1.28. The van der Waals surface area contributed by atoms with Crippen LogP contribution in [0, 0.1) is 0 Å². The zero-order chi connectivity index (χ0) is 33.3. The second kappa shape index (κ2) is 15.0. The van der Waals surface area contributed by atoms with E-state index < -0.39 is 34.1 Å². The minimum absolute atomic E-state index is 0.0482. The summed E-state index contributed by atoms with van der Waals surface area (Å²) < 4.78 is 38.5. The van der Waals surface area contributed by atoms with Crippen LogP contribution in [-0.2, 0) is 32.6 Å². The van der Waals surface area contributed by atoms with Crippen LogP contribution in [0.25, 0.3) is 0 Å². The van der Waals surface area contributed by atoms with Crippen molar-refractivity contribution in [3.8, 4) is 17.2 Å². The number of amides is 2. The summed E-state index contributed by atoms with van der Waals surface area (Å²) in [5.74, 6) is 0.857. The van der Waals surface area contributed by atoms with Crippen molar-refractivity contribution in [2.24, 2.45) is 0 Å². The fraction of sp³-hybridized carbons (Fsp3) is 0.278. The first-order valence-electron chi connectivity index (χ1n) is 14.9. The largest absolute Gasteiger partial charge is 0.497 e. The molecule has 2 amide bonds. The third-order valence-electron chi connectivity index (χ3n) is 7.04. The highest BCUT2D eigenvalue weighted by molar-refractivity contribution is 7.92. The molecule has 1 atom stereocenters. The minimum atomic E-state index is -3.91. The van der Waals surface area contributed by atoms with Gasteiger partial charge >= 0.3 is 0 Å². The number of anilines is 1. The highest BCUT2D eigenvalue weighted by Gasteiger charge is 2.34. The lowest BCUT2D eigenvalue weighted by Gasteiger charge is -2.35. The number of sulfonamides is 1. The molecule has 0 bridgehead atoms. The van der Waals surface area contributed by atoms with Gasteiger partial charge < -0.3 is 19.7 Å². The topological polar surface area (TPSA) is 105 Å². The van der Waals surface area contributed by atoms with Gasteiger partial charge in [0.2, 0.25) is 21.8 Å². The number of nitrogens with one attached hydrogen (secondary N) is 1. The van der Waals surface area contributed by atoms with E-state index in [9.17, 15) is 18.0 Å². The van der Waals surface area contributed by atoms with Crippen molar-refractivity contribution >= 4 is 27.5 Å². The molecular formula is C36H41N3O6S. The molecule has 4 aromatic rings. The van der Waals surface area contributed by atoms with Crippen molar-refractivity contribution < 1.29 is 27.5 Å². The third-order valence-corrected chi connectivity index (χ3v) is 8.18. The normalized spacial score (nSPS) is 12.1. The lowest BCUT2D eigenvalue weighted by Crippen LogP contribution is -2.56. The molecule has 0 aromatic heterocycles. The van der Waals surface area contributed by atoms with Crippen molar-refractivity contribution in [2.75, 3.05) is 24.2 Å². The van der Waals surface area contributed by atoms with Crippen molar-refractivity contribution in [2.45, 2.75) is 45.3 Å². The maximum absolute atomic E-state index is 14.3. The number of carbonyl (C=O) groups is 2. The Bertz CT molecular complexity index is 1710. The van der Waals surface area contributed by atoms with E-state index in [1.54, 1.807) is 49.6 Å². The molecule has 4 aromatic carbocycles. The average molecular weight is 644 g/mol. The van der Waals surface area contributed by atoms with Gasteiger partial charge in [-0.3, -0.25) is 13.9 Å².